The van der Waals surface area contributed by atoms with Crippen LogP contribution in [0.1, 0.15) is 26.2 Å². The van der Waals surface area contributed by atoms with E-state index in [9.17, 15) is 9.59 Å². The summed E-state index contributed by atoms with van der Waals surface area (Å²) in [5.74, 6) is -0.405. The number of carbonyl (C=O) groups is 2. The number of likely N-dealkylation sites (N-methyl/N-ethyl adjacent to an activating group) is 2. The van der Waals surface area contributed by atoms with Gasteiger partial charge in [0.2, 0.25) is 5.91 Å². The van der Waals surface area contributed by atoms with Crippen LogP contribution in [0.25, 0.3) is 0 Å². The number of amides is 1. The van der Waals surface area contributed by atoms with Crippen molar-refractivity contribution in [2.45, 2.75) is 26.2 Å². The molecule has 5 nitrogen and oxygen atoms in total. The van der Waals surface area contributed by atoms with Gasteiger partial charge < -0.3 is 9.64 Å². The second-order valence-electron chi connectivity index (χ2n) is 5.16. The van der Waals surface area contributed by atoms with Crippen LogP contribution in [0.5, 0.6) is 0 Å². The van der Waals surface area contributed by atoms with Crippen molar-refractivity contribution in [3.05, 3.63) is 11.8 Å². The van der Waals surface area contributed by atoms with Crippen LogP contribution >= 0.6 is 0 Å². The SMILES string of the molecule is COC(=O)C(C)CN(C)CC(=O)N(C)C1=CCCC1. The molecule has 1 aliphatic rings. The lowest BCUT2D eigenvalue weighted by Gasteiger charge is -2.24. The first-order valence-corrected chi connectivity index (χ1v) is 6.67. The Kier molecular flexibility index (Phi) is 6.02. The van der Waals surface area contributed by atoms with Crippen LogP contribution in [-0.4, -0.2) is 56.0 Å². The molecule has 1 amide bonds. The maximum atomic E-state index is 12.1. The molecule has 1 atom stereocenters. The van der Waals surface area contributed by atoms with Gasteiger partial charge in [-0.05, 0) is 26.3 Å². The lowest BCUT2D eigenvalue weighted by Crippen LogP contribution is -2.38. The minimum Gasteiger partial charge on any atom is -0.469 e. The molecule has 5 heteroatoms. The summed E-state index contributed by atoms with van der Waals surface area (Å²) in [6, 6.07) is 0. The van der Waals surface area contributed by atoms with Crippen molar-refractivity contribution >= 4 is 11.9 Å². The van der Waals surface area contributed by atoms with Crippen molar-refractivity contribution in [3.63, 3.8) is 0 Å². The van der Waals surface area contributed by atoms with E-state index in [1.54, 1.807) is 11.8 Å². The van der Waals surface area contributed by atoms with Gasteiger partial charge in [-0.25, -0.2) is 0 Å². The summed E-state index contributed by atoms with van der Waals surface area (Å²) < 4.78 is 4.68. The molecular formula is C14H24N2O3. The van der Waals surface area contributed by atoms with E-state index in [1.807, 2.05) is 19.0 Å². The Morgan fingerprint density at radius 2 is 2.11 bits per heavy atom. The van der Waals surface area contributed by atoms with Gasteiger partial charge in [-0.1, -0.05) is 13.0 Å². The molecule has 0 spiro atoms. The number of nitrogens with zero attached hydrogens (tertiary/aromatic N) is 2. The summed E-state index contributed by atoms with van der Waals surface area (Å²) in [6.45, 7) is 2.64. The van der Waals surface area contributed by atoms with Crippen molar-refractivity contribution in [2.75, 3.05) is 34.3 Å². The molecule has 0 radical (unpaired) electrons. The first kappa shape index (κ1) is 15.7. The summed E-state index contributed by atoms with van der Waals surface area (Å²) in [7, 11) is 5.04. The Morgan fingerprint density at radius 1 is 1.42 bits per heavy atom. The van der Waals surface area contributed by atoms with E-state index in [-0.39, 0.29) is 17.8 Å². The first-order valence-electron chi connectivity index (χ1n) is 6.67. The van der Waals surface area contributed by atoms with E-state index in [0.29, 0.717) is 13.1 Å². The fraction of sp³-hybridized carbons (Fsp3) is 0.714. The number of allylic oxidation sites excluding steroid dienone is 2. The first-order chi connectivity index (χ1) is 8.95. The molecule has 19 heavy (non-hydrogen) atoms. The minimum absolute atomic E-state index is 0.0627. The molecule has 0 fully saturated rings. The highest BCUT2D eigenvalue weighted by Gasteiger charge is 2.20. The summed E-state index contributed by atoms with van der Waals surface area (Å²) in [5, 5.41) is 0. The lowest BCUT2D eigenvalue weighted by atomic mass is 10.2. The van der Waals surface area contributed by atoms with Gasteiger partial charge in [0.15, 0.2) is 0 Å². The summed E-state index contributed by atoms with van der Waals surface area (Å²) in [5.41, 5.74) is 1.11. The second kappa shape index (κ2) is 7.28. The normalized spacial score (nSPS) is 16.2. The van der Waals surface area contributed by atoms with Gasteiger partial charge in [0.05, 0.1) is 19.6 Å². The number of hydrogen-bond donors (Lipinski definition) is 0. The Balaban J connectivity index is 2.41. The number of esters is 1. The molecule has 0 aromatic rings. The molecule has 0 saturated heterocycles. The van der Waals surface area contributed by atoms with Crippen molar-refractivity contribution in [3.8, 4) is 0 Å². The second-order valence-corrected chi connectivity index (χ2v) is 5.16. The van der Waals surface area contributed by atoms with Crippen LogP contribution in [0.2, 0.25) is 0 Å². The molecule has 0 bridgehead atoms. The monoisotopic (exact) mass is 268 g/mol. The summed E-state index contributed by atoms with van der Waals surface area (Å²) >= 11 is 0. The van der Waals surface area contributed by atoms with Gasteiger partial charge in [0, 0.05) is 19.3 Å². The zero-order valence-corrected chi connectivity index (χ0v) is 12.3. The maximum Gasteiger partial charge on any atom is 0.309 e. The van der Waals surface area contributed by atoms with E-state index >= 15 is 0 Å². The topological polar surface area (TPSA) is 49.9 Å². The fourth-order valence-electron chi connectivity index (χ4n) is 2.26. The smallest absolute Gasteiger partial charge is 0.309 e. The molecule has 108 valence electrons. The van der Waals surface area contributed by atoms with Gasteiger partial charge in [-0.15, -0.1) is 0 Å². The minimum atomic E-state index is -0.244. The largest absolute Gasteiger partial charge is 0.469 e. The molecule has 1 rings (SSSR count). The molecule has 1 unspecified atom stereocenters. The fourth-order valence-corrected chi connectivity index (χ4v) is 2.26. The van der Waals surface area contributed by atoms with Crippen molar-refractivity contribution in [1.29, 1.82) is 0 Å². The van der Waals surface area contributed by atoms with E-state index < -0.39 is 0 Å². The quantitative estimate of drug-likeness (QED) is 0.680. The number of hydrogen-bond acceptors (Lipinski definition) is 4. The van der Waals surface area contributed by atoms with Crippen LogP contribution in [0.3, 0.4) is 0 Å². The lowest BCUT2D eigenvalue weighted by molar-refractivity contribution is -0.145. The summed E-state index contributed by atoms with van der Waals surface area (Å²) in [6.07, 6.45) is 5.28. The Morgan fingerprint density at radius 3 is 2.63 bits per heavy atom. The molecule has 0 aromatic heterocycles. The predicted molar refractivity (Wildman–Crippen MR) is 73.4 cm³/mol. The highest BCUT2D eigenvalue weighted by Crippen LogP contribution is 2.20. The van der Waals surface area contributed by atoms with Crippen molar-refractivity contribution in [1.82, 2.24) is 9.80 Å². The molecule has 0 aliphatic heterocycles. The Hall–Kier alpha value is -1.36. The van der Waals surface area contributed by atoms with Crippen molar-refractivity contribution < 1.29 is 14.3 Å². The molecule has 0 aromatic carbocycles. The third-order valence-electron chi connectivity index (χ3n) is 3.42. The van der Waals surface area contributed by atoms with E-state index in [4.69, 9.17) is 0 Å². The van der Waals surface area contributed by atoms with Gasteiger partial charge in [0.25, 0.3) is 0 Å². The molecule has 0 saturated carbocycles. The number of ether oxygens (including phenoxy) is 1. The third-order valence-corrected chi connectivity index (χ3v) is 3.42. The van der Waals surface area contributed by atoms with Gasteiger partial charge >= 0.3 is 5.97 Å². The zero-order chi connectivity index (χ0) is 14.4. The van der Waals surface area contributed by atoms with Gasteiger partial charge in [-0.2, -0.15) is 0 Å². The van der Waals surface area contributed by atoms with E-state index in [1.165, 1.54) is 7.11 Å². The molecular weight excluding hydrogens is 244 g/mol. The van der Waals surface area contributed by atoms with E-state index in [0.717, 1.165) is 25.0 Å². The highest BCUT2D eigenvalue weighted by molar-refractivity contribution is 5.80. The number of carbonyl (C=O) groups excluding carboxylic acids is 2. The van der Waals surface area contributed by atoms with Crippen LogP contribution in [0, 0.1) is 5.92 Å². The van der Waals surface area contributed by atoms with Crippen LogP contribution in [0.4, 0.5) is 0 Å². The standard InChI is InChI=1S/C14H24N2O3/c1-11(14(18)19-4)9-15(2)10-13(17)16(3)12-7-5-6-8-12/h7,11H,5-6,8-10H2,1-4H3. The average Bonchev–Trinajstić information content (AvgIpc) is 2.90. The Bertz CT molecular complexity index is 366. The average molecular weight is 268 g/mol. The van der Waals surface area contributed by atoms with Crippen LogP contribution in [-0.2, 0) is 14.3 Å². The summed E-state index contributed by atoms with van der Waals surface area (Å²) in [4.78, 5) is 27.0. The molecule has 0 heterocycles. The predicted octanol–water partition coefficient (Wildman–Crippen LogP) is 1.25. The van der Waals surface area contributed by atoms with Gasteiger partial charge in [0.1, 0.15) is 0 Å². The zero-order valence-electron chi connectivity index (χ0n) is 12.3. The maximum absolute atomic E-state index is 12.1. The molecule has 0 N–H and O–H groups in total. The molecule has 1 aliphatic carbocycles. The third kappa shape index (κ3) is 4.67. The highest BCUT2D eigenvalue weighted by atomic mass is 16.5. The van der Waals surface area contributed by atoms with Crippen molar-refractivity contribution in [2.24, 2.45) is 5.92 Å². The van der Waals surface area contributed by atoms with Crippen LogP contribution < -0.4 is 0 Å². The van der Waals surface area contributed by atoms with Crippen LogP contribution in [0.15, 0.2) is 11.8 Å². The Labute approximate surface area is 115 Å². The number of methoxy groups -OCH3 is 1. The van der Waals surface area contributed by atoms with E-state index in [2.05, 4.69) is 10.8 Å². The number of rotatable bonds is 6. The van der Waals surface area contributed by atoms with Gasteiger partial charge in [-0.3, -0.25) is 14.5 Å².